The third kappa shape index (κ3) is 4.42. The Labute approximate surface area is 150 Å². The third-order valence-corrected chi connectivity index (χ3v) is 3.55. The van der Waals surface area contributed by atoms with Crippen LogP contribution in [0, 0.1) is 6.07 Å². The Kier molecular flexibility index (Phi) is 5.98. The summed E-state index contributed by atoms with van der Waals surface area (Å²) in [5.74, 6) is 0. The van der Waals surface area contributed by atoms with Gasteiger partial charge in [0, 0.05) is 18.1 Å². The van der Waals surface area contributed by atoms with Gasteiger partial charge in [-0.3, -0.25) is 0 Å². The molecule has 0 bridgehead atoms. The summed E-state index contributed by atoms with van der Waals surface area (Å²) >= 11 is 27.0. The van der Waals surface area contributed by atoms with Crippen LogP contribution in [0.5, 0.6) is 0 Å². The van der Waals surface area contributed by atoms with Crippen molar-refractivity contribution >= 4 is 58.0 Å². The molecule has 12 heteroatoms. The van der Waals surface area contributed by atoms with E-state index in [-0.39, 0.29) is 6.07 Å². The fraction of sp³-hybridized carbons (Fsp3) is 0.455. The van der Waals surface area contributed by atoms with E-state index in [4.69, 9.17) is 58.0 Å². The van der Waals surface area contributed by atoms with Crippen molar-refractivity contribution in [3.63, 3.8) is 0 Å². The summed E-state index contributed by atoms with van der Waals surface area (Å²) in [6.45, 7) is 0. The Hall–Kier alpha value is 0.180. The zero-order chi connectivity index (χ0) is 18.4. The number of halogens is 12. The Bertz CT molecular complexity index is 574. The van der Waals surface area contributed by atoms with E-state index in [2.05, 4.69) is 0 Å². The number of rotatable bonds is 2. The molecule has 1 radical (unpaired) electrons. The summed E-state index contributed by atoms with van der Waals surface area (Å²) in [5.41, 5.74) is -8.68. The van der Waals surface area contributed by atoms with E-state index in [0.717, 1.165) is 0 Å². The van der Waals surface area contributed by atoms with Gasteiger partial charge >= 0.3 is 18.0 Å². The maximum atomic E-state index is 14.2. The van der Waals surface area contributed by atoms with Crippen molar-refractivity contribution in [3.8, 4) is 0 Å². The summed E-state index contributed by atoms with van der Waals surface area (Å²) < 4.78 is 89.1. The highest BCUT2D eigenvalue weighted by Crippen LogP contribution is 2.55. The van der Waals surface area contributed by atoms with Crippen molar-refractivity contribution in [2.75, 3.05) is 0 Å². The van der Waals surface area contributed by atoms with Crippen molar-refractivity contribution < 1.29 is 30.7 Å². The van der Waals surface area contributed by atoms with Crippen LogP contribution in [0.1, 0.15) is 11.1 Å². The molecular weight excluding hydrogens is 442 g/mol. The molecular formula is C11H3Cl5F7. The summed E-state index contributed by atoms with van der Waals surface area (Å²) in [4.78, 5) is 0. The van der Waals surface area contributed by atoms with Crippen LogP contribution < -0.4 is 0 Å². The van der Waals surface area contributed by atoms with E-state index in [1.54, 1.807) is 0 Å². The molecule has 0 saturated heterocycles. The molecule has 0 saturated carbocycles. The van der Waals surface area contributed by atoms with Gasteiger partial charge < -0.3 is 0 Å². The van der Waals surface area contributed by atoms with Gasteiger partial charge in [-0.2, -0.15) is 26.3 Å². The minimum Gasteiger partial charge on any atom is -0.218 e. The second kappa shape index (κ2) is 6.48. The molecule has 0 unspecified atom stereocenters. The van der Waals surface area contributed by atoms with Gasteiger partial charge in [0.15, 0.2) is 3.79 Å². The number of alkyl halides is 10. The molecule has 0 aromatic heterocycles. The van der Waals surface area contributed by atoms with E-state index in [1.807, 2.05) is 6.07 Å². The van der Waals surface area contributed by atoms with Gasteiger partial charge in [-0.05, 0) is 11.6 Å². The number of hydrogen-bond donors (Lipinski definition) is 0. The van der Waals surface area contributed by atoms with Crippen molar-refractivity contribution in [1.29, 1.82) is 0 Å². The molecule has 131 valence electrons. The average Bonchev–Trinajstić information content (AvgIpc) is 2.26. The smallest absolute Gasteiger partial charge is 0.218 e. The molecule has 23 heavy (non-hydrogen) atoms. The molecule has 0 aliphatic heterocycles. The normalized spacial score (nSPS) is 14.3. The van der Waals surface area contributed by atoms with E-state index in [0.29, 0.717) is 0 Å². The maximum absolute atomic E-state index is 14.2. The Balaban J connectivity index is 3.80. The van der Waals surface area contributed by atoms with E-state index in [9.17, 15) is 30.7 Å². The lowest BCUT2D eigenvalue weighted by Gasteiger charge is -2.32. The first-order valence-corrected chi connectivity index (χ1v) is 7.19. The highest BCUT2D eigenvalue weighted by molar-refractivity contribution is 6.67. The Morgan fingerprint density at radius 1 is 0.870 bits per heavy atom. The predicted octanol–water partition coefficient (Wildman–Crippen LogP) is 7.00. The minimum absolute atomic E-state index is 0.0974. The lowest BCUT2D eigenvalue weighted by molar-refractivity contribution is -0.348. The van der Waals surface area contributed by atoms with Crippen LogP contribution in [0.2, 0.25) is 10.0 Å². The van der Waals surface area contributed by atoms with E-state index < -0.39 is 49.4 Å². The monoisotopic (exact) mass is 443 g/mol. The predicted molar refractivity (Wildman–Crippen MR) is 74.2 cm³/mol. The van der Waals surface area contributed by atoms with Crippen LogP contribution in [0.3, 0.4) is 0 Å². The third-order valence-electron chi connectivity index (χ3n) is 2.62. The fourth-order valence-electron chi connectivity index (χ4n) is 1.70. The van der Waals surface area contributed by atoms with Gasteiger partial charge in [0.25, 0.3) is 0 Å². The first kappa shape index (κ1) is 21.2. The molecule has 0 spiro atoms. The van der Waals surface area contributed by atoms with Crippen LogP contribution >= 0.6 is 58.0 Å². The van der Waals surface area contributed by atoms with Crippen molar-refractivity contribution in [3.05, 3.63) is 33.3 Å². The molecule has 1 aromatic rings. The summed E-state index contributed by atoms with van der Waals surface area (Å²) in [6.07, 6.45) is -13.7. The molecule has 1 rings (SSSR count). The van der Waals surface area contributed by atoms with Gasteiger partial charge in [-0.25, -0.2) is 4.39 Å². The van der Waals surface area contributed by atoms with Gasteiger partial charge in [-0.15, -0.1) is 0 Å². The van der Waals surface area contributed by atoms with Crippen molar-refractivity contribution in [2.24, 2.45) is 0 Å². The van der Waals surface area contributed by atoms with Crippen LogP contribution in [0.15, 0.2) is 6.07 Å². The van der Waals surface area contributed by atoms with E-state index >= 15 is 0 Å². The average molecular weight is 445 g/mol. The van der Waals surface area contributed by atoms with Gasteiger partial charge in [0.1, 0.15) is 0 Å². The molecule has 0 fully saturated rings. The van der Waals surface area contributed by atoms with E-state index in [1.165, 1.54) is 0 Å². The molecule has 0 aliphatic rings. The molecule has 0 aliphatic carbocycles. The first-order chi connectivity index (χ1) is 10.0. The van der Waals surface area contributed by atoms with Crippen LogP contribution in [0.25, 0.3) is 0 Å². The largest absolute Gasteiger partial charge is 0.435 e. The highest BCUT2D eigenvalue weighted by atomic mass is 35.6. The summed E-state index contributed by atoms with van der Waals surface area (Å²) in [7, 11) is 0. The Morgan fingerprint density at radius 2 is 1.30 bits per heavy atom. The quantitative estimate of drug-likeness (QED) is 0.340. The highest BCUT2D eigenvalue weighted by Gasteiger charge is 2.74. The van der Waals surface area contributed by atoms with Crippen LogP contribution in [-0.4, -0.2) is 16.1 Å². The topological polar surface area (TPSA) is 0 Å². The van der Waals surface area contributed by atoms with Crippen LogP contribution in [-0.2, 0) is 12.1 Å². The summed E-state index contributed by atoms with van der Waals surface area (Å²) in [5, 5.41) is -1.59. The van der Waals surface area contributed by atoms with Crippen LogP contribution in [0.4, 0.5) is 30.7 Å². The first-order valence-electron chi connectivity index (χ1n) is 5.30. The lowest BCUT2D eigenvalue weighted by atomic mass is 9.88. The van der Waals surface area contributed by atoms with Gasteiger partial charge in [0.05, 0.1) is 10.0 Å². The molecule has 0 nitrogen and oxygen atoms in total. The zero-order valence-electron chi connectivity index (χ0n) is 10.3. The van der Waals surface area contributed by atoms with Crippen molar-refractivity contribution in [2.45, 2.75) is 28.2 Å². The summed E-state index contributed by atoms with van der Waals surface area (Å²) in [6, 6.07) is 2.13. The molecule has 0 atom stereocenters. The van der Waals surface area contributed by atoms with Gasteiger partial charge in [0.2, 0.25) is 0 Å². The van der Waals surface area contributed by atoms with Gasteiger partial charge in [-0.1, -0.05) is 58.0 Å². The molecule has 0 amide bonds. The molecule has 1 aromatic carbocycles. The SMILES string of the molecule is FC(F)(F)C(F)(c1cc(Cl)[c]c(Cl)c1CC(Cl)(Cl)Cl)C(F)(F)F. The molecule has 0 heterocycles. The zero-order valence-corrected chi connectivity index (χ0v) is 14.1. The second-order valence-electron chi connectivity index (χ2n) is 4.27. The Morgan fingerprint density at radius 3 is 1.65 bits per heavy atom. The fourth-order valence-corrected chi connectivity index (χ4v) is 2.62. The molecule has 0 N–H and O–H groups in total. The number of hydrogen-bond acceptors (Lipinski definition) is 0. The minimum atomic E-state index is -6.36. The number of benzene rings is 1. The van der Waals surface area contributed by atoms with Crippen molar-refractivity contribution in [1.82, 2.24) is 0 Å². The standard InChI is InChI=1S/C11H3Cl5F7/c12-4-1-6(5(7(13)2-4)3-8(14,15)16)9(17,10(18,19)20)11(21,22)23/h1H,3H2. The maximum Gasteiger partial charge on any atom is 0.435 e. The second-order valence-corrected chi connectivity index (χ2v) is 7.57. The lowest BCUT2D eigenvalue weighted by Crippen LogP contribution is -2.51.